The van der Waals surface area contributed by atoms with Crippen LogP contribution in [0.25, 0.3) is 0 Å². The molecule has 0 spiro atoms. The zero-order valence-electron chi connectivity index (χ0n) is 20.7. The minimum absolute atomic E-state index is 0.00813. The molecule has 2 aliphatic rings. The van der Waals surface area contributed by atoms with Crippen LogP contribution in [0.2, 0.25) is 0 Å². The Bertz CT molecular complexity index is 1020. The van der Waals surface area contributed by atoms with Crippen LogP contribution in [0.4, 0.5) is 21.9 Å². The molecule has 0 heterocycles. The van der Waals surface area contributed by atoms with Gasteiger partial charge in [-0.1, -0.05) is 45.9 Å². The molecule has 2 atom stereocenters. The fraction of sp³-hybridized carbons (Fsp3) is 0.500. The summed E-state index contributed by atoms with van der Waals surface area (Å²) in [5.41, 5.74) is 4.75. The van der Waals surface area contributed by atoms with Crippen molar-refractivity contribution in [1.29, 1.82) is 0 Å². The van der Waals surface area contributed by atoms with Crippen LogP contribution < -0.4 is 15.5 Å². The van der Waals surface area contributed by atoms with Gasteiger partial charge in [0.15, 0.2) is 0 Å². The lowest BCUT2D eigenvalue weighted by atomic mass is 10.0. The third-order valence-electron chi connectivity index (χ3n) is 6.53. The number of carbonyl (C=O) groups is 2. The fourth-order valence-corrected chi connectivity index (χ4v) is 4.69. The standard InChI is InChI=1S/C28H37N3O3/c1-17(2)15-31(16-18(3)4)26-12-9-21(23-14-24(23)27(32)33)13-25(26)30-28(34)29-22-10-7-20(8-11-22)19-5-6-19/h7-13,17-19,23-24H,5-6,14-16H2,1-4H3,(H,32,33)(H2,29,30,34)/t23-,24-/m1/s1. The maximum Gasteiger partial charge on any atom is 0.323 e. The second kappa shape index (κ2) is 10.1. The third-order valence-corrected chi connectivity index (χ3v) is 6.53. The van der Waals surface area contributed by atoms with Crippen molar-refractivity contribution < 1.29 is 14.7 Å². The molecule has 0 saturated heterocycles. The monoisotopic (exact) mass is 463 g/mol. The van der Waals surface area contributed by atoms with Gasteiger partial charge in [-0.05, 0) is 78.3 Å². The van der Waals surface area contributed by atoms with Gasteiger partial charge in [-0.25, -0.2) is 4.79 Å². The van der Waals surface area contributed by atoms with Crippen LogP contribution in [0.15, 0.2) is 42.5 Å². The molecule has 2 aromatic carbocycles. The van der Waals surface area contributed by atoms with E-state index in [2.05, 4.69) is 55.4 Å². The van der Waals surface area contributed by atoms with Crippen molar-refractivity contribution in [3.8, 4) is 0 Å². The molecule has 2 aliphatic carbocycles. The van der Waals surface area contributed by atoms with E-state index in [1.54, 1.807) is 0 Å². The smallest absolute Gasteiger partial charge is 0.323 e. The topological polar surface area (TPSA) is 81.7 Å². The summed E-state index contributed by atoms with van der Waals surface area (Å²) in [6.45, 7) is 10.5. The molecule has 182 valence electrons. The van der Waals surface area contributed by atoms with Crippen LogP contribution >= 0.6 is 0 Å². The zero-order chi connectivity index (χ0) is 24.4. The zero-order valence-corrected chi connectivity index (χ0v) is 20.7. The van der Waals surface area contributed by atoms with Gasteiger partial charge in [0, 0.05) is 18.8 Å². The van der Waals surface area contributed by atoms with Gasteiger partial charge < -0.3 is 20.6 Å². The van der Waals surface area contributed by atoms with Gasteiger partial charge in [-0.3, -0.25) is 4.79 Å². The molecule has 4 rings (SSSR count). The van der Waals surface area contributed by atoms with Gasteiger partial charge in [0.25, 0.3) is 0 Å². The molecular weight excluding hydrogens is 426 g/mol. The summed E-state index contributed by atoms with van der Waals surface area (Å²) < 4.78 is 0. The van der Waals surface area contributed by atoms with Crippen LogP contribution in [-0.2, 0) is 4.79 Å². The molecule has 34 heavy (non-hydrogen) atoms. The van der Waals surface area contributed by atoms with E-state index in [4.69, 9.17) is 0 Å². The van der Waals surface area contributed by atoms with Gasteiger partial charge in [0.2, 0.25) is 0 Å². The lowest BCUT2D eigenvalue weighted by Gasteiger charge is -2.30. The molecule has 2 fully saturated rings. The number of aliphatic carboxylic acids is 1. The Morgan fingerprint density at radius 2 is 1.56 bits per heavy atom. The molecule has 0 bridgehead atoms. The molecule has 2 saturated carbocycles. The van der Waals surface area contributed by atoms with Crippen LogP contribution in [0.1, 0.15) is 69.9 Å². The number of urea groups is 1. The van der Waals surface area contributed by atoms with E-state index in [1.165, 1.54) is 18.4 Å². The molecule has 2 aromatic rings. The Morgan fingerprint density at radius 3 is 2.09 bits per heavy atom. The minimum atomic E-state index is -0.753. The number of hydrogen-bond acceptors (Lipinski definition) is 3. The van der Waals surface area contributed by atoms with E-state index < -0.39 is 5.97 Å². The maximum absolute atomic E-state index is 13.0. The number of nitrogens with zero attached hydrogens (tertiary/aromatic N) is 1. The molecule has 6 nitrogen and oxygen atoms in total. The highest BCUT2D eigenvalue weighted by atomic mass is 16.4. The number of anilines is 3. The summed E-state index contributed by atoms with van der Waals surface area (Å²) in [6.07, 6.45) is 3.15. The largest absolute Gasteiger partial charge is 0.481 e. The molecule has 0 aromatic heterocycles. The van der Waals surface area contributed by atoms with E-state index in [0.29, 0.717) is 24.2 Å². The SMILES string of the molecule is CC(C)CN(CC(C)C)c1ccc([C@H]2C[C@H]2C(=O)O)cc1NC(=O)Nc1ccc(C2CC2)cc1. The average molecular weight is 464 g/mol. The first-order valence-corrected chi connectivity index (χ1v) is 12.5. The molecular formula is C28H37N3O3. The summed E-state index contributed by atoms with van der Waals surface area (Å²) in [5.74, 6) is 0.527. The average Bonchev–Trinajstić information content (AvgIpc) is 3.67. The van der Waals surface area contributed by atoms with Crippen molar-refractivity contribution in [2.75, 3.05) is 28.6 Å². The first kappa shape index (κ1) is 24.1. The second-order valence-electron chi connectivity index (χ2n) is 10.7. The van der Waals surface area contributed by atoms with E-state index in [0.717, 1.165) is 35.7 Å². The van der Waals surface area contributed by atoms with E-state index in [-0.39, 0.29) is 17.9 Å². The number of rotatable bonds is 10. The lowest BCUT2D eigenvalue weighted by Crippen LogP contribution is -2.32. The Balaban J connectivity index is 1.56. The van der Waals surface area contributed by atoms with Gasteiger partial charge in [-0.2, -0.15) is 0 Å². The van der Waals surface area contributed by atoms with Crippen molar-refractivity contribution in [3.63, 3.8) is 0 Å². The predicted octanol–water partition coefficient (Wildman–Crippen LogP) is 6.51. The third kappa shape index (κ3) is 6.10. The van der Waals surface area contributed by atoms with Crippen LogP contribution in [0.5, 0.6) is 0 Å². The lowest BCUT2D eigenvalue weighted by molar-refractivity contribution is -0.138. The van der Waals surface area contributed by atoms with Gasteiger partial charge >= 0.3 is 12.0 Å². The quantitative estimate of drug-likeness (QED) is 0.375. The van der Waals surface area contributed by atoms with Crippen molar-refractivity contribution in [1.82, 2.24) is 0 Å². The van der Waals surface area contributed by atoms with Crippen molar-refractivity contribution in [2.24, 2.45) is 17.8 Å². The van der Waals surface area contributed by atoms with Crippen molar-refractivity contribution in [2.45, 2.75) is 58.8 Å². The number of nitrogens with one attached hydrogen (secondary N) is 2. The molecule has 0 aliphatic heterocycles. The highest BCUT2D eigenvalue weighted by Crippen LogP contribution is 2.49. The highest BCUT2D eigenvalue weighted by molar-refractivity contribution is 6.02. The summed E-state index contributed by atoms with van der Waals surface area (Å²) >= 11 is 0. The Labute approximate surface area is 202 Å². The van der Waals surface area contributed by atoms with Crippen molar-refractivity contribution in [3.05, 3.63) is 53.6 Å². The number of carboxylic acid groups (broad SMARTS) is 1. The first-order chi connectivity index (χ1) is 16.2. The number of carbonyl (C=O) groups excluding carboxylic acids is 1. The molecule has 0 radical (unpaired) electrons. The number of amides is 2. The highest BCUT2D eigenvalue weighted by Gasteiger charge is 2.44. The first-order valence-electron chi connectivity index (χ1n) is 12.5. The fourth-order valence-electron chi connectivity index (χ4n) is 4.69. The van der Waals surface area contributed by atoms with E-state index in [1.807, 2.05) is 30.3 Å². The van der Waals surface area contributed by atoms with Crippen LogP contribution in [0, 0.1) is 17.8 Å². The normalized spacial score (nSPS) is 19.2. The minimum Gasteiger partial charge on any atom is -0.481 e. The summed E-state index contributed by atoms with van der Waals surface area (Å²) in [6, 6.07) is 13.8. The molecule has 6 heteroatoms. The molecule has 0 unspecified atom stereocenters. The van der Waals surface area contributed by atoms with E-state index >= 15 is 0 Å². The van der Waals surface area contributed by atoms with Crippen LogP contribution in [0.3, 0.4) is 0 Å². The van der Waals surface area contributed by atoms with Crippen molar-refractivity contribution >= 4 is 29.1 Å². The second-order valence-corrected chi connectivity index (χ2v) is 10.7. The van der Waals surface area contributed by atoms with E-state index in [9.17, 15) is 14.7 Å². The maximum atomic E-state index is 13.0. The Morgan fingerprint density at radius 1 is 0.941 bits per heavy atom. The Hall–Kier alpha value is -3.02. The van der Waals surface area contributed by atoms with Gasteiger partial charge in [-0.15, -0.1) is 0 Å². The van der Waals surface area contributed by atoms with Gasteiger partial charge in [0.1, 0.15) is 0 Å². The van der Waals surface area contributed by atoms with Crippen LogP contribution in [-0.4, -0.2) is 30.2 Å². The summed E-state index contributed by atoms with van der Waals surface area (Å²) in [4.78, 5) is 26.7. The molecule has 2 amide bonds. The Kier molecular flexibility index (Phi) is 7.15. The number of carboxylic acids is 1. The number of hydrogen-bond donors (Lipinski definition) is 3. The summed E-state index contributed by atoms with van der Waals surface area (Å²) in [7, 11) is 0. The number of benzene rings is 2. The summed E-state index contributed by atoms with van der Waals surface area (Å²) in [5, 5.41) is 15.4. The van der Waals surface area contributed by atoms with Gasteiger partial charge in [0.05, 0.1) is 17.3 Å². The molecule has 3 N–H and O–H groups in total. The predicted molar refractivity (Wildman–Crippen MR) is 138 cm³/mol.